The third-order valence-electron chi connectivity index (χ3n) is 3.03. The second-order valence-electron chi connectivity index (χ2n) is 4.83. The molecule has 0 atom stereocenters. The van der Waals surface area contributed by atoms with Crippen molar-refractivity contribution in [2.75, 3.05) is 11.1 Å². The molecule has 1 amide bonds. The number of nitrogens with one attached hydrogen (secondary N) is 1. The van der Waals surface area contributed by atoms with Gasteiger partial charge in [-0.15, -0.1) is 39.4 Å². The summed E-state index contributed by atoms with van der Waals surface area (Å²) in [7, 11) is 0. The zero-order valence-corrected chi connectivity index (χ0v) is 15.4. The van der Waals surface area contributed by atoms with Crippen LogP contribution in [-0.4, -0.2) is 31.4 Å². The molecule has 3 heterocycles. The van der Waals surface area contributed by atoms with Crippen LogP contribution in [0.2, 0.25) is 0 Å². The molecule has 0 saturated carbocycles. The van der Waals surface area contributed by atoms with Crippen molar-refractivity contribution < 1.29 is 4.79 Å². The molecule has 0 aliphatic carbocycles. The highest BCUT2D eigenvalue weighted by atomic mass is 32.2. The van der Waals surface area contributed by atoms with E-state index in [0.29, 0.717) is 16.8 Å². The smallest absolute Gasteiger partial charge is 0.236 e. The van der Waals surface area contributed by atoms with Crippen LogP contribution in [-0.2, 0) is 11.3 Å². The average molecular weight is 378 g/mol. The number of anilines is 1. The van der Waals surface area contributed by atoms with Crippen molar-refractivity contribution in [2.45, 2.75) is 18.6 Å². The molecule has 3 rings (SSSR count). The summed E-state index contributed by atoms with van der Waals surface area (Å²) >= 11 is 4.41. The van der Waals surface area contributed by atoms with E-state index in [1.54, 1.807) is 23.6 Å². The van der Waals surface area contributed by atoms with Crippen LogP contribution in [0.3, 0.4) is 0 Å². The molecule has 0 spiro atoms. The predicted octanol–water partition coefficient (Wildman–Crippen LogP) is 3.69. The quantitative estimate of drug-likeness (QED) is 0.502. The number of aromatic nitrogens is 4. The molecule has 124 valence electrons. The van der Waals surface area contributed by atoms with E-state index in [9.17, 15) is 4.79 Å². The number of amides is 1. The van der Waals surface area contributed by atoms with Gasteiger partial charge >= 0.3 is 0 Å². The second-order valence-corrected chi connectivity index (χ2v) is 7.78. The fourth-order valence-corrected chi connectivity index (χ4v) is 4.01. The second kappa shape index (κ2) is 7.73. The van der Waals surface area contributed by atoms with Gasteiger partial charge in [0.25, 0.3) is 0 Å². The van der Waals surface area contributed by atoms with Gasteiger partial charge in [0.1, 0.15) is 0 Å². The largest absolute Gasteiger partial charge is 0.301 e. The summed E-state index contributed by atoms with van der Waals surface area (Å²) in [6.07, 6.45) is 3.45. The van der Waals surface area contributed by atoms with E-state index < -0.39 is 0 Å². The molecule has 9 heteroatoms. The van der Waals surface area contributed by atoms with Gasteiger partial charge in [-0.1, -0.05) is 17.8 Å². The molecule has 0 fully saturated rings. The molecule has 24 heavy (non-hydrogen) atoms. The minimum absolute atomic E-state index is 0.115. The van der Waals surface area contributed by atoms with Crippen LogP contribution in [0.4, 0.5) is 5.13 Å². The Hall–Kier alpha value is -1.97. The number of allylic oxidation sites excluding steroid dienone is 1. The number of nitrogens with zero attached hydrogens (tertiary/aromatic N) is 4. The topological polar surface area (TPSA) is 72.7 Å². The van der Waals surface area contributed by atoms with Gasteiger partial charge in [-0.25, -0.2) is 4.98 Å². The maximum atomic E-state index is 12.0. The number of carbonyl (C=O) groups is 1. The Morgan fingerprint density at radius 2 is 2.33 bits per heavy atom. The van der Waals surface area contributed by atoms with Crippen LogP contribution in [0.5, 0.6) is 0 Å². The van der Waals surface area contributed by atoms with Crippen LogP contribution in [0.1, 0.15) is 4.88 Å². The number of carbonyl (C=O) groups excluding carboxylic acids is 1. The maximum Gasteiger partial charge on any atom is 0.236 e. The predicted molar refractivity (Wildman–Crippen MR) is 99.7 cm³/mol. The third kappa shape index (κ3) is 3.92. The lowest BCUT2D eigenvalue weighted by atomic mass is 10.3. The Labute approximate surface area is 151 Å². The van der Waals surface area contributed by atoms with Crippen LogP contribution in [0.25, 0.3) is 11.4 Å². The van der Waals surface area contributed by atoms with Crippen molar-refractivity contribution in [1.82, 2.24) is 19.7 Å². The maximum absolute atomic E-state index is 12.0. The van der Waals surface area contributed by atoms with E-state index in [-0.39, 0.29) is 11.7 Å². The lowest BCUT2D eigenvalue weighted by Crippen LogP contribution is -2.14. The van der Waals surface area contributed by atoms with Crippen LogP contribution >= 0.6 is 34.4 Å². The zero-order chi connectivity index (χ0) is 16.9. The number of hydrogen-bond acceptors (Lipinski definition) is 7. The zero-order valence-electron chi connectivity index (χ0n) is 12.9. The highest BCUT2D eigenvalue weighted by molar-refractivity contribution is 7.99. The Balaban J connectivity index is 1.72. The Morgan fingerprint density at radius 3 is 3.00 bits per heavy atom. The summed E-state index contributed by atoms with van der Waals surface area (Å²) in [6.45, 7) is 6.44. The molecule has 0 radical (unpaired) electrons. The minimum atomic E-state index is -0.115. The van der Waals surface area contributed by atoms with Crippen LogP contribution in [0, 0.1) is 6.92 Å². The van der Waals surface area contributed by atoms with E-state index in [1.807, 2.05) is 9.95 Å². The fourth-order valence-electron chi connectivity index (χ4n) is 2.03. The molecule has 0 aromatic carbocycles. The van der Waals surface area contributed by atoms with E-state index in [2.05, 4.69) is 45.4 Å². The molecule has 0 saturated heterocycles. The van der Waals surface area contributed by atoms with E-state index in [4.69, 9.17) is 0 Å². The summed E-state index contributed by atoms with van der Waals surface area (Å²) < 4.78 is 1.97. The monoisotopic (exact) mass is 377 g/mol. The summed E-state index contributed by atoms with van der Waals surface area (Å²) in [6, 6.07) is 2.08. The molecule has 0 unspecified atom stereocenters. The summed E-state index contributed by atoms with van der Waals surface area (Å²) in [4.78, 5) is 17.2. The van der Waals surface area contributed by atoms with E-state index in [0.717, 1.165) is 11.4 Å². The highest BCUT2D eigenvalue weighted by Crippen LogP contribution is 2.27. The average Bonchev–Trinajstić information content (AvgIpc) is 3.28. The van der Waals surface area contributed by atoms with Gasteiger partial charge in [0.05, 0.1) is 5.75 Å². The first-order valence-corrected chi connectivity index (χ1v) is 9.83. The Kier molecular flexibility index (Phi) is 5.44. The van der Waals surface area contributed by atoms with E-state index >= 15 is 0 Å². The normalized spacial score (nSPS) is 10.7. The van der Waals surface area contributed by atoms with Crippen molar-refractivity contribution in [2.24, 2.45) is 0 Å². The third-order valence-corrected chi connectivity index (χ3v) is 5.55. The van der Waals surface area contributed by atoms with Gasteiger partial charge in [-0.05, 0) is 13.0 Å². The number of thiazole rings is 1. The SMILES string of the molecule is C=CCn1c(SCC(=O)Nc2nccs2)nnc1-c1csc(C)c1. The van der Waals surface area contributed by atoms with Gasteiger partial charge in [0.15, 0.2) is 16.1 Å². The molecule has 0 bridgehead atoms. The van der Waals surface area contributed by atoms with Gasteiger partial charge in [-0.2, -0.15) is 0 Å². The molecule has 3 aromatic heterocycles. The fraction of sp³-hybridized carbons (Fsp3) is 0.200. The lowest BCUT2D eigenvalue weighted by molar-refractivity contribution is -0.113. The Morgan fingerprint density at radius 1 is 1.46 bits per heavy atom. The summed E-state index contributed by atoms with van der Waals surface area (Å²) in [5, 5.41) is 16.4. The number of aryl methyl sites for hydroxylation is 1. The number of rotatable bonds is 7. The number of thiophene rings is 1. The van der Waals surface area contributed by atoms with Crippen molar-refractivity contribution in [3.05, 3.63) is 40.6 Å². The van der Waals surface area contributed by atoms with Crippen molar-refractivity contribution in [1.29, 1.82) is 0 Å². The Bertz CT molecular complexity index is 837. The van der Waals surface area contributed by atoms with Crippen molar-refractivity contribution >= 4 is 45.5 Å². The van der Waals surface area contributed by atoms with Gasteiger partial charge in [0.2, 0.25) is 5.91 Å². The molecule has 0 aliphatic heterocycles. The number of hydrogen-bond donors (Lipinski definition) is 1. The molecule has 1 N–H and O–H groups in total. The molecule has 0 aliphatic rings. The summed E-state index contributed by atoms with van der Waals surface area (Å²) in [5.41, 5.74) is 1.03. The molecule has 3 aromatic rings. The van der Waals surface area contributed by atoms with Crippen LogP contribution < -0.4 is 5.32 Å². The summed E-state index contributed by atoms with van der Waals surface area (Å²) in [5.74, 6) is 0.926. The number of thioether (sulfide) groups is 1. The van der Waals surface area contributed by atoms with E-state index in [1.165, 1.54) is 28.0 Å². The molecular weight excluding hydrogens is 362 g/mol. The lowest BCUT2D eigenvalue weighted by Gasteiger charge is -2.06. The highest BCUT2D eigenvalue weighted by Gasteiger charge is 2.16. The standard InChI is InChI=1S/C15H15N5OS3/c1-3-5-20-13(11-7-10(2)23-8-11)18-19-15(20)24-9-12(21)17-14-16-4-6-22-14/h3-4,6-8H,1,5,9H2,2H3,(H,16,17,21). The first-order valence-electron chi connectivity index (χ1n) is 7.09. The first-order chi connectivity index (χ1) is 11.7. The van der Waals surface area contributed by atoms with Crippen LogP contribution in [0.15, 0.2) is 40.8 Å². The van der Waals surface area contributed by atoms with Gasteiger partial charge in [-0.3, -0.25) is 9.36 Å². The van der Waals surface area contributed by atoms with Gasteiger partial charge < -0.3 is 5.32 Å². The molecule has 6 nitrogen and oxygen atoms in total. The van der Waals surface area contributed by atoms with Crippen molar-refractivity contribution in [3.63, 3.8) is 0 Å². The van der Waals surface area contributed by atoms with Crippen molar-refractivity contribution in [3.8, 4) is 11.4 Å². The van der Waals surface area contributed by atoms with Gasteiger partial charge in [0, 0.05) is 33.9 Å². The molecular formula is C15H15N5OS3. The first kappa shape index (κ1) is 16.9. The minimum Gasteiger partial charge on any atom is -0.301 e.